The molecule has 1 aliphatic heterocycles. The molecule has 0 fully saturated rings. The number of rotatable bonds is 3. The zero-order chi connectivity index (χ0) is 14.3. The van der Waals surface area contributed by atoms with Crippen LogP contribution in [0.3, 0.4) is 0 Å². The number of aromatic carboxylic acids is 1. The van der Waals surface area contributed by atoms with E-state index in [0.29, 0.717) is 11.5 Å². The van der Waals surface area contributed by atoms with Crippen molar-refractivity contribution < 1.29 is 14.7 Å². The molecule has 2 heterocycles. The lowest BCUT2D eigenvalue weighted by Gasteiger charge is -2.17. The second kappa shape index (κ2) is 4.44. The van der Waals surface area contributed by atoms with Crippen molar-refractivity contribution in [1.29, 1.82) is 0 Å². The number of anilines is 1. The smallest absolute Gasteiger partial charge is 0.335 e. The van der Waals surface area contributed by atoms with E-state index in [0.717, 1.165) is 5.56 Å². The molecule has 0 saturated heterocycles. The summed E-state index contributed by atoms with van der Waals surface area (Å²) in [6, 6.07) is 4.73. The Balaban J connectivity index is 1.98. The Labute approximate surface area is 114 Å². The first-order chi connectivity index (χ1) is 9.56. The van der Waals surface area contributed by atoms with Crippen LogP contribution in [0.4, 0.5) is 5.69 Å². The van der Waals surface area contributed by atoms with Gasteiger partial charge in [0, 0.05) is 12.7 Å². The number of amides is 1. The Morgan fingerprint density at radius 3 is 2.90 bits per heavy atom. The summed E-state index contributed by atoms with van der Waals surface area (Å²) in [5, 5.41) is 13.0. The predicted molar refractivity (Wildman–Crippen MR) is 69.3 cm³/mol. The highest BCUT2D eigenvalue weighted by molar-refractivity contribution is 6.02. The lowest BCUT2D eigenvalue weighted by atomic mass is 10.1. The lowest BCUT2D eigenvalue weighted by Crippen LogP contribution is -2.27. The maximum atomic E-state index is 12.1. The zero-order valence-electron chi connectivity index (χ0n) is 10.8. The van der Waals surface area contributed by atoms with Gasteiger partial charge in [-0.3, -0.25) is 9.48 Å². The van der Waals surface area contributed by atoms with Crippen LogP contribution in [0.15, 0.2) is 24.5 Å². The average Bonchev–Trinajstić information content (AvgIpc) is 2.94. The fourth-order valence-corrected chi connectivity index (χ4v) is 2.27. The van der Waals surface area contributed by atoms with Crippen molar-refractivity contribution in [2.75, 3.05) is 4.90 Å². The summed E-state index contributed by atoms with van der Waals surface area (Å²) >= 11 is 0. The molecular weight excluding hydrogens is 260 g/mol. The minimum Gasteiger partial charge on any atom is -0.478 e. The van der Waals surface area contributed by atoms with Gasteiger partial charge in [-0.2, -0.15) is 5.10 Å². The Hall–Kier alpha value is -2.70. The molecule has 7 heteroatoms. The van der Waals surface area contributed by atoms with Crippen molar-refractivity contribution in [3.8, 4) is 0 Å². The SMILES string of the molecule is Cn1ncnc1CN1C(=O)Cc2ccc(C(=O)O)cc21. The van der Waals surface area contributed by atoms with E-state index in [1.54, 1.807) is 22.7 Å². The van der Waals surface area contributed by atoms with Gasteiger partial charge in [0.2, 0.25) is 5.91 Å². The van der Waals surface area contributed by atoms with Crippen LogP contribution in [0, 0.1) is 0 Å². The number of carboxylic acid groups (broad SMARTS) is 1. The number of benzene rings is 1. The van der Waals surface area contributed by atoms with Gasteiger partial charge in [0.05, 0.1) is 18.5 Å². The highest BCUT2D eigenvalue weighted by Crippen LogP contribution is 2.31. The van der Waals surface area contributed by atoms with Crippen molar-refractivity contribution >= 4 is 17.6 Å². The summed E-state index contributed by atoms with van der Waals surface area (Å²) in [5.41, 5.74) is 1.64. The topological polar surface area (TPSA) is 88.3 Å². The Kier molecular flexibility index (Phi) is 2.74. The van der Waals surface area contributed by atoms with Gasteiger partial charge < -0.3 is 10.0 Å². The summed E-state index contributed by atoms with van der Waals surface area (Å²) in [4.78, 5) is 28.7. The van der Waals surface area contributed by atoms with Crippen LogP contribution in [0.5, 0.6) is 0 Å². The minimum atomic E-state index is -1.01. The molecule has 3 rings (SSSR count). The zero-order valence-corrected chi connectivity index (χ0v) is 10.8. The van der Waals surface area contributed by atoms with E-state index >= 15 is 0 Å². The highest BCUT2D eigenvalue weighted by atomic mass is 16.4. The van der Waals surface area contributed by atoms with Crippen LogP contribution in [-0.4, -0.2) is 31.7 Å². The van der Waals surface area contributed by atoms with Crippen molar-refractivity contribution in [2.45, 2.75) is 13.0 Å². The standard InChI is InChI=1S/C13H12N4O3/c1-16-11(14-7-15-16)6-17-10-4-9(13(19)20)3-2-8(10)5-12(17)18/h2-4,7H,5-6H2,1H3,(H,19,20). The Bertz CT molecular complexity index is 707. The molecule has 1 amide bonds. The molecule has 1 N–H and O–H groups in total. The number of aromatic nitrogens is 3. The van der Waals surface area contributed by atoms with Gasteiger partial charge in [0.25, 0.3) is 0 Å². The second-order valence-corrected chi connectivity index (χ2v) is 4.61. The largest absolute Gasteiger partial charge is 0.478 e. The van der Waals surface area contributed by atoms with Gasteiger partial charge in [-0.15, -0.1) is 0 Å². The van der Waals surface area contributed by atoms with Crippen LogP contribution in [0.25, 0.3) is 0 Å². The first kappa shape index (κ1) is 12.3. The van der Waals surface area contributed by atoms with E-state index in [2.05, 4.69) is 10.1 Å². The molecule has 0 bridgehead atoms. The van der Waals surface area contributed by atoms with Gasteiger partial charge in [-0.1, -0.05) is 6.07 Å². The number of fused-ring (bicyclic) bond motifs is 1. The van der Waals surface area contributed by atoms with Crippen molar-refractivity contribution in [3.63, 3.8) is 0 Å². The minimum absolute atomic E-state index is 0.0643. The molecule has 1 aliphatic rings. The third-order valence-electron chi connectivity index (χ3n) is 3.37. The number of carbonyl (C=O) groups excluding carboxylic acids is 1. The van der Waals surface area contributed by atoms with Crippen LogP contribution in [-0.2, 0) is 24.8 Å². The van der Waals surface area contributed by atoms with Gasteiger partial charge in [0.1, 0.15) is 12.2 Å². The molecule has 7 nitrogen and oxygen atoms in total. The maximum absolute atomic E-state index is 12.1. The molecule has 1 aromatic carbocycles. The second-order valence-electron chi connectivity index (χ2n) is 4.61. The van der Waals surface area contributed by atoms with Crippen LogP contribution in [0.1, 0.15) is 21.7 Å². The quantitative estimate of drug-likeness (QED) is 0.884. The van der Waals surface area contributed by atoms with Crippen molar-refractivity contribution in [3.05, 3.63) is 41.5 Å². The van der Waals surface area contributed by atoms with E-state index in [-0.39, 0.29) is 24.4 Å². The van der Waals surface area contributed by atoms with Gasteiger partial charge in [0.15, 0.2) is 0 Å². The van der Waals surface area contributed by atoms with Crippen LogP contribution in [0.2, 0.25) is 0 Å². The fourth-order valence-electron chi connectivity index (χ4n) is 2.27. The number of nitrogens with zero attached hydrogens (tertiary/aromatic N) is 4. The third kappa shape index (κ3) is 1.93. The van der Waals surface area contributed by atoms with Gasteiger partial charge in [-0.25, -0.2) is 9.78 Å². The average molecular weight is 272 g/mol. The third-order valence-corrected chi connectivity index (χ3v) is 3.37. The number of aryl methyl sites for hydroxylation is 1. The van der Waals surface area contributed by atoms with Gasteiger partial charge in [-0.05, 0) is 17.7 Å². The van der Waals surface area contributed by atoms with Crippen molar-refractivity contribution in [1.82, 2.24) is 14.8 Å². The fraction of sp³-hybridized carbons (Fsp3) is 0.231. The van der Waals surface area contributed by atoms with Gasteiger partial charge >= 0.3 is 5.97 Å². The van der Waals surface area contributed by atoms with Crippen molar-refractivity contribution in [2.24, 2.45) is 7.05 Å². The molecule has 0 unspecified atom stereocenters. The molecular formula is C13H12N4O3. The first-order valence-electron chi connectivity index (χ1n) is 6.05. The molecule has 0 radical (unpaired) electrons. The molecule has 0 aliphatic carbocycles. The first-order valence-corrected chi connectivity index (χ1v) is 6.05. The van der Waals surface area contributed by atoms with Crippen LogP contribution >= 0.6 is 0 Å². The maximum Gasteiger partial charge on any atom is 0.335 e. The van der Waals surface area contributed by atoms with E-state index in [1.807, 2.05) is 0 Å². The number of hydrogen-bond donors (Lipinski definition) is 1. The summed E-state index contributed by atoms with van der Waals surface area (Å²) in [5.74, 6) is -0.428. The summed E-state index contributed by atoms with van der Waals surface area (Å²) < 4.78 is 1.59. The van der Waals surface area contributed by atoms with E-state index < -0.39 is 5.97 Å². The van der Waals surface area contributed by atoms with E-state index in [1.165, 1.54) is 18.5 Å². The van der Waals surface area contributed by atoms with E-state index in [4.69, 9.17) is 5.11 Å². The lowest BCUT2D eigenvalue weighted by molar-refractivity contribution is -0.117. The molecule has 0 spiro atoms. The number of carboxylic acids is 1. The Morgan fingerprint density at radius 2 is 2.25 bits per heavy atom. The summed E-state index contributed by atoms with van der Waals surface area (Å²) in [6.07, 6.45) is 1.71. The Morgan fingerprint density at radius 1 is 1.45 bits per heavy atom. The number of hydrogen-bond acceptors (Lipinski definition) is 4. The summed E-state index contributed by atoms with van der Waals surface area (Å²) in [6.45, 7) is 0.283. The molecule has 20 heavy (non-hydrogen) atoms. The molecule has 2 aromatic rings. The molecule has 0 atom stereocenters. The summed E-state index contributed by atoms with van der Waals surface area (Å²) in [7, 11) is 1.75. The molecule has 1 aromatic heterocycles. The van der Waals surface area contributed by atoms with Crippen LogP contribution < -0.4 is 4.90 Å². The normalized spacial score (nSPS) is 13.7. The van der Waals surface area contributed by atoms with E-state index in [9.17, 15) is 9.59 Å². The predicted octanol–water partition coefficient (Wildman–Crippen LogP) is 0.603. The monoisotopic (exact) mass is 272 g/mol. The molecule has 0 saturated carbocycles. The number of carbonyl (C=O) groups is 2. The highest BCUT2D eigenvalue weighted by Gasteiger charge is 2.29. The molecule has 102 valence electrons.